The monoisotopic (exact) mass is 432 g/mol. The number of hydrogen-bond acceptors (Lipinski definition) is 4. The third-order valence-corrected chi connectivity index (χ3v) is 7.23. The lowest BCUT2D eigenvalue weighted by atomic mass is 9.94. The Kier molecular flexibility index (Phi) is 6.71. The summed E-state index contributed by atoms with van der Waals surface area (Å²) in [4.78, 5) is 0. The van der Waals surface area contributed by atoms with E-state index in [2.05, 4.69) is 16.1 Å². The van der Waals surface area contributed by atoms with E-state index in [4.69, 9.17) is 4.74 Å². The van der Waals surface area contributed by atoms with Gasteiger partial charge >= 0.3 is 0 Å². The number of fused-ring (bicyclic) bond motifs is 1. The molecule has 162 valence electrons. The van der Waals surface area contributed by atoms with Gasteiger partial charge in [-0.15, -0.1) is 0 Å². The molecule has 1 aliphatic carbocycles. The van der Waals surface area contributed by atoms with Crippen molar-refractivity contribution in [3.63, 3.8) is 0 Å². The average Bonchev–Trinajstić information content (AvgIpc) is 3.53. The van der Waals surface area contributed by atoms with E-state index >= 15 is 0 Å². The standard InChI is InChI=1S/C23H29FN2O3S/c24-20-5-1-3-18(13-20)14-23-22-15-21(9-8-19(22)4-2-10-25-23)29-12-11-26-30(27,28)16-17-6-7-17/h1,3,5,8-9,13,15,17,23,25-26H,2,4,6-7,10-12,14,16H2. The fourth-order valence-electron chi connectivity index (χ4n) is 3.98. The van der Waals surface area contributed by atoms with Crippen LogP contribution in [0.3, 0.4) is 0 Å². The van der Waals surface area contributed by atoms with E-state index in [1.807, 2.05) is 18.2 Å². The Bertz CT molecular complexity index is 976. The Morgan fingerprint density at radius 1 is 1.17 bits per heavy atom. The van der Waals surface area contributed by atoms with Gasteiger partial charge in [-0.1, -0.05) is 18.2 Å². The molecule has 1 heterocycles. The molecule has 30 heavy (non-hydrogen) atoms. The Balaban J connectivity index is 1.39. The van der Waals surface area contributed by atoms with Crippen molar-refractivity contribution in [2.75, 3.05) is 25.4 Å². The molecule has 4 rings (SSSR count). The second-order valence-electron chi connectivity index (χ2n) is 8.27. The van der Waals surface area contributed by atoms with Crippen molar-refractivity contribution >= 4 is 10.0 Å². The molecule has 5 nitrogen and oxygen atoms in total. The van der Waals surface area contributed by atoms with E-state index in [-0.39, 0.29) is 30.8 Å². The average molecular weight is 433 g/mol. The van der Waals surface area contributed by atoms with Crippen LogP contribution < -0.4 is 14.8 Å². The molecule has 2 aromatic carbocycles. The van der Waals surface area contributed by atoms with Crippen LogP contribution in [-0.4, -0.2) is 33.9 Å². The van der Waals surface area contributed by atoms with Gasteiger partial charge in [0, 0.05) is 12.6 Å². The van der Waals surface area contributed by atoms with Crippen molar-refractivity contribution in [2.45, 2.75) is 38.1 Å². The van der Waals surface area contributed by atoms with Crippen molar-refractivity contribution in [2.24, 2.45) is 5.92 Å². The van der Waals surface area contributed by atoms with E-state index in [9.17, 15) is 12.8 Å². The SMILES string of the molecule is O=S(=O)(CC1CC1)NCCOc1ccc2c(c1)C(Cc1cccc(F)c1)NCCC2. The van der Waals surface area contributed by atoms with E-state index in [0.717, 1.165) is 43.5 Å². The molecule has 1 saturated carbocycles. The molecule has 0 radical (unpaired) electrons. The van der Waals surface area contributed by atoms with Crippen LogP contribution in [0.25, 0.3) is 0 Å². The molecule has 1 atom stereocenters. The predicted octanol–water partition coefficient (Wildman–Crippen LogP) is 3.35. The van der Waals surface area contributed by atoms with Crippen LogP contribution in [0, 0.1) is 11.7 Å². The molecule has 0 saturated heterocycles. The van der Waals surface area contributed by atoms with Crippen LogP contribution in [0.5, 0.6) is 5.75 Å². The fraction of sp³-hybridized carbons (Fsp3) is 0.478. The summed E-state index contributed by atoms with van der Waals surface area (Å²) in [6, 6.07) is 12.9. The highest BCUT2D eigenvalue weighted by Gasteiger charge is 2.27. The number of ether oxygens (including phenoxy) is 1. The molecule has 2 aliphatic rings. The summed E-state index contributed by atoms with van der Waals surface area (Å²) >= 11 is 0. The largest absolute Gasteiger partial charge is 0.492 e. The molecule has 1 unspecified atom stereocenters. The zero-order valence-electron chi connectivity index (χ0n) is 17.1. The van der Waals surface area contributed by atoms with Crippen molar-refractivity contribution in [1.29, 1.82) is 0 Å². The van der Waals surface area contributed by atoms with Gasteiger partial charge in [0.1, 0.15) is 18.2 Å². The summed E-state index contributed by atoms with van der Waals surface area (Å²) < 4.78 is 46.0. The molecule has 2 N–H and O–H groups in total. The zero-order valence-corrected chi connectivity index (χ0v) is 17.9. The van der Waals surface area contributed by atoms with Crippen molar-refractivity contribution < 1.29 is 17.5 Å². The van der Waals surface area contributed by atoms with Gasteiger partial charge in [-0.3, -0.25) is 0 Å². The molecule has 1 aliphatic heterocycles. The first kappa shape index (κ1) is 21.3. The Morgan fingerprint density at radius 2 is 2.03 bits per heavy atom. The van der Waals surface area contributed by atoms with Gasteiger partial charge in [0.2, 0.25) is 10.0 Å². The maximum atomic E-state index is 13.6. The molecule has 2 aromatic rings. The maximum absolute atomic E-state index is 13.6. The van der Waals surface area contributed by atoms with Crippen LogP contribution in [-0.2, 0) is 22.9 Å². The van der Waals surface area contributed by atoms with Crippen molar-refractivity contribution in [1.82, 2.24) is 10.0 Å². The quantitative estimate of drug-likeness (QED) is 0.597. The van der Waals surface area contributed by atoms with Gasteiger partial charge in [-0.05, 0) is 85.5 Å². The number of sulfonamides is 1. The Labute approximate surface area is 178 Å². The number of nitrogens with one attached hydrogen (secondary N) is 2. The highest BCUT2D eigenvalue weighted by Crippen LogP contribution is 2.30. The number of benzene rings is 2. The summed E-state index contributed by atoms with van der Waals surface area (Å²) in [5.74, 6) is 1.06. The second-order valence-corrected chi connectivity index (χ2v) is 10.1. The highest BCUT2D eigenvalue weighted by atomic mass is 32.2. The Hall–Kier alpha value is -1.96. The minimum atomic E-state index is -3.21. The van der Waals surface area contributed by atoms with Gasteiger partial charge in [0.25, 0.3) is 0 Å². The molecular weight excluding hydrogens is 403 g/mol. The highest BCUT2D eigenvalue weighted by molar-refractivity contribution is 7.89. The van der Waals surface area contributed by atoms with E-state index < -0.39 is 10.0 Å². The molecule has 0 spiro atoms. The van der Waals surface area contributed by atoms with Crippen LogP contribution in [0.2, 0.25) is 0 Å². The molecule has 0 amide bonds. The first-order valence-corrected chi connectivity index (χ1v) is 12.3. The predicted molar refractivity (Wildman–Crippen MR) is 116 cm³/mol. The van der Waals surface area contributed by atoms with Gasteiger partial charge in [0.05, 0.1) is 5.75 Å². The van der Waals surface area contributed by atoms with E-state index in [1.165, 1.54) is 17.2 Å². The van der Waals surface area contributed by atoms with E-state index in [0.29, 0.717) is 12.3 Å². The third-order valence-electron chi connectivity index (χ3n) is 5.68. The topological polar surface area (TPSA) is 67.4 Å². The summed E-state index contributed by atoms with van der Waals surface area (Å²) in [7, 11) is -3.21. The molecule has 0 aromatic heterocycles. The second kappa shape index (κ2) is 9.45. The first-order chi connectivity index (χ1) is 14.5. The Morgan fingerprint density at radius 3 is 2.83 bits per heavy atom. The normalized spacial score (nSPS) is 19.2. The number of aryl methyl sites for hydroxylation is 1. The lowest BCUT2D eigenvalue weighted by molar-refractivity contribution is 0.322. The van der Waals surface area contributed by atoms with Crippen LogP contribution >= 0.6 is 0 Å². The first-order valence-electron chi connectivity index (χ1n) is 10.7. The summed E-state index contributed by atoms with van der Waals surface area (Å²) in [6.07, 6.45) is 4.77. The fourth-order valence-corrected chi connectivity index (χ4v) is 5.45. The van der Waals surface area contributed by atoms with Crippen LogP contribution in [0.15, 0.2) is 42.5 Å². The maximum Gasteiger partial charge on any atom is 0.211 e. The van der Waals surface area contributed by atoms with Gasteiger partial charge < -0.3 is 10.1 Å². The lowest BCUT2D eigenvalue weighted by Gasteiger charge is -2.20. The van der Waals surface area contributed by atoms with Crippen molar-refractivity contribution in [3.8, 4) is 5.75 Å². The van der Waals surface area contributed by atoms with Gasteiger partial charge in [0.15, 0.2) is 0 Å². The van der Waals surface area contributed by atoms with Gasteiger partial charge in [-0.2, -0.15) is 0 Å². The molecule has 7 heteroatoms. The molecule has 0 bridgehead atoms. The van der Waals surface area contributed by atoms with Crippen LogP contribution in [0.4, 0.5) is 4.39 Å². The van der Waals surface area contributed by atoms with Gasteiger partial charge in [-0.25, -0.2) is 17.5 Å². The van der Waals surface area contributed by atoms with Crippen LogP contribution in [0.1, 0.15) is 42.0 Å². The number of hydrogen-bond donors (Lipinski definition) is 2. The molecular formula is C23H29FN2O3S. The lowest BCUT2D eigenvalue weighted by Crippen LogP contribution is -2.31. The number of rotatable bonds is 9. The summed E-state index contributed by atoms with van der Waals surface area (Å²) in [5.41, 5.74) is 3.40. The molecule has 1 fully saturated rings. The van der Waals surface area contributed by atoms with Crippen molar-refractivity contribution in [3.05, 3.63) is 65.0 Å². The minimum Gasteiger partial charge on any atom is -0.492 e. The summed E-state index contributed by atoms with van der Waals surface area (Å²) in [5, 5.41) is 3.57. The van der Waals surface area contributed by atoms with E-state index in [1.54, 1.807) is 12.1 Å². The number of halogens is 1. The third kappa shape index (κ3) is 6.03. The summed E-state index contributed by atoms with van der Waals surface area (Å²) in [6.45, 7) is 1.45. The minimum absolute atomic E-state index is 0.0879. The zero-order chi connectivity index (χ0) is 21.0. The smallest absolute Gasteiger partial charge is 0.211 e.